The molecule has 0 heterocycles. The fourth-order valence-electron chi connectivity index (χ4n) is 1.21. The second-order valence-electron chi connectivity index (χ2n) is 4.05. The smallest absolute Gasteiger partial charge is 0.323 e. The van der Waals surface area contributed by atoms with Gasteiger partial charge in [0.25, 0.3) is 0 Å². The number of hydrogen-bond donors (Lipinski definition) is 1. The average Bonchev–Trinajstić information content (AvgIpc) is 2.14. The predicted octanol–water partition coefficient (Wildman–Crippen LogP) is 0.463. The first kappa shape index (κ1) is 13.4. The molecule has 0 aromatic rings. The standard InChI is InChI=1S/C10H22N2O2/c1-7(2)8(3)12(4)6-9(11)10(13)14-5/h7-9H,6,11H2,1-5H3. The normalized spacial score (nSPS) is 15.7. The van der Waals surface area contributed by atoms with Gasteiger partial charge in [-0.05, 0) is 19.9 Å². The molecule has 0 bridgehead atoms. The Morgan fingerprint density at radius 2 is 1.93 bits per heavy atom. The summed E-state index contributed by atoms with van der Waals surface area (Å²) in [6, 6.07) is -0.142. The van der Waals surface area contributed by atoms with Crippen LogP contribution in [0.4, 0.5) is 0 Å². The molecule has 2 N–H and O–H groups in total. The van der Waals surface area contributed by atoms with Crippen LogP contribution in [0.15, 0.2) is 0 Å². The molecule has 0 aromatic carbocycles. The van der Waals surface area contributed by atoms with Crippen LogP contribution in [0, 0.1) is 5.92 Å². The van der Waals surface area contributed by atoms with E-state index in [1.165, 1.54) is 7.11 Å². The first-order valence-corrected chi connectivity index (χ1v) is 4.93. The highest BCUT2D eigenvalue weighted by Crippen LogP contribution is 2.07. The summed E-state index contributed by atoms with van der Waals surface area (Å²) in [5.74, 6) is 0.192. The number of nitrogens with two attached hydrogens (primary N) is 1. The van der Waals surface area contributed by atoms with Crippen molar-refractivity contribution in [3.05, 3.63) is 0 Å². The zero-order valence-electron chi connectivity index (χ0n) is 9.78. The van der Waals surface area contributed by atoms with Gasteiger partial charge in [-0.25, -0.2) is 0 Å². The average molecular weight is 202 g/mol. The minimum atomic E-state index is -0.550. The summed E-state index contributed by atoms with van der Waals surface area (Å²) in [5, 5.41) is 0. The third kappa shape index (κ3) is 4.07. The van der Waals surface area contributed by atoms with Crippen LogP contribution in [0.5, 0.6) is 0 Å². The Kier molecular flexibility index (Phi) is 5.72. The molecular formula is C10H22N2O2. The molecule has 2 atom stereocenters. The van der Waals surface area contributed by atoms with E-state index in [9.17, 15) is 4.79 Å². The lowest BCUT2D eigenvalue weighted by Gasteiger charge is -2.29. The van der Waals surface area contributed by atoms with Crippen molar-refractivity contribution in [3.63, 3.8) is 0 Å². The van der Waals surface area contributed by atoms with E-state index in [1.54, 1.807) is 0 Å². The van der Waals surface area contributed by atoms with Gasteiger partial charge in [0.15, 0.2) is 0 Å². The zero-order valence-corrected chi connectivity index (χ0v) is 9.78. The molecule has 0 fully saturated rings. The monoisotopic (exact) mass is 202 g/mol. The molecule has 0 aliphatic rings. The molecule has 4 heteroatoms. The van der Waals surface area contributed by atoms with Gasteiger partial charge in [0.05, 0.1) is 7.11 Å². The summed E-state index contributed by atoms with van der Waals surface area (Å²) < 4.78 is 4.56. The second kappa shape index (κ2) is 5.98. The van der Waals surface area contributed by atoms with E-state index < -0.39 is 6.04 Å². The van der Waals surface area contributed by atoms with Gasteiger partial charge in [-0.15, -0.1) is 0 Å². The van der Waals surface area contributed by atoms with Crippen LogP contribution in [-0.4, -0.2) is 43.7 Å². The van der Waals surface area contributed by atoms with E-state index in [1.807, 2.05) is 7.05 Å². The minimum absolute atomic E-state index is 0.354. The van der Waals surface area contributed by atoms with Crippen LogP contribution < -0.4 is 5.73 Å². The maximum Gasteiger partial charge on any atom is 0.323 e. The molecule has 0 radical (unpaired) electrons. The Labute approximate surface area is 86.4 Å². The molecule has 2 unspecified atom stereocenters. The third-order valence-corrected chi connectivity index (χ3v) is 2.65. The van der Waals surface area contributed by atoms with Crippen molar-refractivity contribution in [1.82, 2.24) is 4.90 Å². The molecule has 0 aliphatic heterocycles. The second-order valence-corrected chi connectivity index (χ2v) is 4.05. The lowest BCUT2D eigenvalue weighted by molar-refractivity contribution is -0.142. The van der Waals surface area contributed by atoms with Crippen LogP contribution in [0.2, 0.25) is 0 Å². The lowest BCUT2D eigenvalue weighted by Crippen LogP contribution is -2.46. The SMILES string of the molecule is COC(=O)C(N)CN(C)C(C)C(C)C. The van der Waals surface area contributed by atoms with Gasteiger partial charge < -0.3 is 15.4 Å². The molecule has 0 saturated heterocycles. The molecular weight excluding hydrogens is 180 g/mol. The molecule has 14 heavy (non-hydrogen) atoms. The highest BCUT2D eigenvalue weighted by molar-refractivity contribution is 5.75. The summed E-state index contributed by atoms with van der Waals surface area (Å²) in [4.78, 5) is 13.1. The number of rotatable bonds is 5. The summed E-state index contributed by atoms with van der Waals surface area (Å²) in [7, 11) is 3.32. The quantitative estimate of drug-likeness (QED) is 0.658. The van der Waals surface area contributed by atoms with E-state index in [-0.39, 0.29) is 5.97 Å². The summed E-state index contributed by atoms with van der Waals surface area (Å²) in [6.07, 6.45) is 0. The largest absolute Gasteiger partial charge is 0.468 e. The van der Waals surface area contributed by atoms with Gasteiger partial charge in [0.2, 0.25) is 0 Å². The first-order chi connectivity index (χ1) is 6.40. The summed E-state index contributed by atoms with van der Waals surface area (Å²) in [5.41, 5.74) is 5.65. The van der Waals surface area contributed by atoms with Crippen molar-refractivity contribution in [2.24, 2.45) is 11.7 Å². The zero-order chi connectivity index (χ0) is 11.3. The summed E-state index contributed by atoms with van der Waals surface area (Å²) >= 11 is 0. The van der Waals surface area contributed by atoms with E-state index in [2.05, 4.69) is 30.4 Å². The molecule has 0 amide bonds. The Morgan fingerprint density at radius 1 is 1.43 bits per heavy atom. The maximum atomic E-state index is 11.1. The fourth-order valence-corrected chi connectivity index (χ4v) is 1.21. The number of methoxy groups -OCH3 is 1. The molecule has 0 saturated carbocycles. The lowest BCUT2D eigenvalue weighted by atomic mass is 10.0. The van der Waals surface area contributed by atoms with E-state index >= 15 is 0 Å². The molecule has 0 spiro atoms. The topological polar surface area (TPSA) is 55.6 Å². The Hall–Kier alpha value is -0.610. The van der Waals surface area contributed by atoms with Crippen molar-refractivity contribution in [1.29, 1.82) is 0 Å². The van der Waals surface area contributed by atoms with Gasteiger partial charge in [0, 0.05) is 12.6 Å². The van der Waals surface area contributed by atoms with E-state index in [0.29, 0.717) is 18.5 Å². The van der Waals surface area contributed by atoms with E-state index in [0.717, 1.165) is 0 Å². The fraction of sp³-hybridized carbons (Fsp3) is 0.900. The van der Waals surface area contributed by atoms with Gasteiger partial charge in [-0.3, -0.25) is 4.79 Å². The number of likely N-dealkylation sites (N-methyl/N-ethyl adjacent to an activating group) is 1. The van der Waals surface area contributed by atoms with Gasteiger partial charge in [0.1, 0.15) is 6.04 Å². The first-order valence-electron chi connectivity index (χ1n) is 4.93. The highest BCUT2D eigenvalue weighted by Gasteiger charge is 2.20. The maximum absolute atomic E-state index is 11.1. The van der Waals surface area contributed by atoms with Crippen molar-refractivity contribution < 1.29 is 9.53 Å². The molecule has 0 aliphatic carbocycles. The number of hydrogen-bond acceptors (Lipinski definition) is 4. The van der Waals surface area contributed by atoms with Gasteiger partial charge in [-0.1, -0.05) is 13.8 Å². The Bertz CT molecular complexity index is 183. The van der Waals surface area contributed by atoms with Crippen molar-refractivity contribution in [3.8, 4) is 0 Å². The van der Waals surface area contributed by atoms with Crippen LogP contribution in [0.1, 0.15) is 20.8 Å². The number of carbonyl (C=O) groups excluding carboxylic acids is 1. The number of carbonyl (C=O) groups is 1. The van der Waals surface area contributed by atoms with Gasteiger partial charge in [-0.2, -0.15) is 0 Å². The van der Waals surface area contributed by atoms with Crippen molar-refractivity contribution in [2.45, 2.75) is 32.9 Å². The third-order valence-electron chi connectivity index (χ3n) is 2.65. The number of esters is 1. The van der Waals surface area contributed by atoms with Crippen molar-refractivity contribution >= 4 is 5.97 Å². The van der Waals surface area contributed by atoms with Gasteiger partial charge >= 0.3 is 5.97 Å². The number of ether oxygens (including phenoxy) is 1. The van der Waals surface area contributed by atoms with Crippen LogP contribution in [0.3, 0.4) is 0 Å². The summed E-state index contributed by atoms with van der Waals surface area (Å²) in [6.45, 7) is 6.94. The molecule has 84 valence electrons. The minimum Gasteiger partial charge on any atom is -0.468 e. The van der Waals surface area contributed by atoms with Crippen LogP contribution >= 0.6 is 0 Å². The Balaban J connectivity index is 4.05. The van der Waals surface area contributed by atoms with Crippen LogP contribution in [-0.2, 0) is 9.53 Å². The predicted molar refractivity (Wildman–Crippen MR) is 56.9 cm³/mol. The molecule has 0 aromatic heterocycles. The van der Waals surface area contributed by atoms with Crippen molar-refractivity contribution in [2.75, 3.05) is 20.7 Å². The van der Waals surface area contributed by atoms with Crippen LogP contribution in [0.25, 0.3) is 0 Å². The highest BCUT2D eigenvalue weighted by atomic mass is 16.5. The Morgan fingerprint density at radius 3 is 2.29 bits per heavy atom. The molecule has 0 rings (SSSR count). The number of nitrogens with zero attached hydrogens (tertiary/aromatic N) is 1. The van der Waals surface area contributed by atoms with E-state index in [4.69, 9.17) is 5.73 Å². The molecule has 4 nitrogen and oxygen atoms in total.